The van der Waals surface area contributed by atoms with Crippen LogP contribution in [0.4, 0.5) is 0 Å². The normalized spacial score (nSPS) is 31.0. The highest BCUT2D eigenvalue weighted by Gasteiger charge is 2.80. The highest BCUT2D eigenvalue weighted by atomic mass is 35.5. The molecule has 3 N–H and O–H groups in total. The summed E-state index contributed by atoms with van der Waals surface area (Å²) in [7, 11) is -4.01. The Morgan fingerprint density at radius 3 is 1.68 bits per heavy atom. The van der Waals surface area contributed by atoms with Crippen LogP contribution in [0.5, 0.6) is 5.75 Å². The molecule has 5 saturated carbocycles. The number of halogens is 1. The van der Waals surface area contributed by atoms with Gasteiger partial charge in [0.25, 0.3) is 10.1 Å². The van der Waals surface area contributed by atoms with Gasteiger partial charge in [0.15, 0.2) is 14.1 Å². The van der Waals surface area contributed by atoms with Crippen LogP contribution < -0.4 is 4.74 Å². The molecule has 638 valence electrons. The zero-order chi connectivity index (χ0) is 84.8. The van der Waals surface area contributed by atoms with E-state index in [1.165, 1.54) is 23.3 Å². The molecule has 0 aromatic heterocycles. The number of alkyl halides is 1. The van der Waals surface area contributed by atoms with Crippen molar-refractivity contribution in [2.75, 3.05) is 39.4 Å². The number of Topliss-reactive ketones (excluding diaryl/α,β-unsaturated/α-hetero) is 2. The summed E-state index contributed by atoms with van der Waals surface area (Å²) in [6.45, 7) is 32.3. The zero-order valence-corrected chi connectivity index (χ0v) is 72.8. The van der Waals surface area contributed by atoms with E-state index in [9.17, 15) is 52.2 Å². The summed E-state index contributed by atoms with van der Waals surface area (Å²) >= 11 is 5.78. The molecule has 4 aromatic carbocycles. The van der Waals surface area contributed by atoms with Crippen molar-refractivity contribution in [3.63, 3.8) is 0 Å². The Labute approximate surface area is 690 Å². The maximum Gasteiger partial charge on any atom is 0.319 e. The molecule has 0 bridgehead atoms. The second kappa shape index (κ2) is 37.1. The van der Waals surface area contributed by atoms with Gasteiger partial charge < -0.3 is 62.4 Å². The average Bonchev–Trinajstić information content (AvgIpc) is 1.50. The molecule has 0 amide bonds. The van der Waals surface area contributed by atoms with Crippen LogP contribution in [0.15, 0.2) is 126 Å². The van der Waals surface area contributed by atoms with Gasteiger partial charge in [-0.3, -0.25) is 37.7 Å². The van der Waals surface area contributed by atoms with Crippen LogP contribution in [0, 0.1) is 64.1 Å². The van der Waals surface area contributed by atoms with Gasteiger partial charge in [0.1, 0.15) is 69.5 Å². The maximum absolute atomic E-state index is 12.9. The van der Waals surface area contributed by atoms with Crippen LogP contribution in [0.25, 0.3) is 0 Å². The molecule has 17 atom stereocenters. The molecule has 1 spiro atoms. The monoisotopic (exact) mass is 1670 g/mol. The van der Waals surface area contributed by atoms with Crippen LogP contribution in [0.1, 0.15) is 182 Å². The molecular formula is C90H123ClO23SSi. The van der Waals surface area contributed by atoms with Crippen LogP contribution >= 0.6 is 11.6 Å². The number of aryl methyl sites for hydroxylation is 1. The maximum atomic E-state index is 12.9. The van der Waals surface area contributed by atoms with E-state index in [1.54, 1.807) is 33.1 Å². The van der Waals surface area contributed by atoms with E-state index in [0.717, 1.165) is 87.9 Å². The average molecular weight is 1670 g/mol. The van der Waals surface area contributed by atoms with Crippen LogP contribution in [0.2, 0.25) is 18.1 Å². The molecule has 116 heavy (non-hydrogen) atoms. The number of esters is 5. The van der Waals surface area contributed by atoms with Crippen LogP contribution in [0.3, 0.4) is 0 Å². The SMILES string of the molecule is CC(C)(C)COCc1ccccc1.CC(C)(C)[Si](C)(C)O[C@@H]1CC[C@H]2OC(=O)C21.COc1ccc(CC(C)(C)C)cc1.C[C@@]12OC(=O)C1([C@@H](O)Cc1ccccc1)CC(=O)C2CCCl.Cc1ccc(S(=O)(=O)OCCC2C(=O)CC3([C@@H](O)C4C=CCCC4)C(=O)O[C@@]23C)cc1.O=C1O[C@@H]2CC[C@@H](O)C12.O=C1O[C@H]2CC3(CC12)OCCO3. The Kier molecular flexibility index (Phi) is 29.3. The lowest BCUT2D eigenvalue weighted by Crippen LogP contribution is -2.70. The molecule has 4 aromatic rings. The summed E-state index contributed by atoms with van der Waals surface area (Å²) in [5.74, 6) is -2.28. The van der Waals surface area contributed by atoms with E-state index in [0.29, 0.717) is 43.8 Å². The molecule has 6 saturated heterocycles. The predicted octanol–water partition coefficient (Wildman–Crippen LogP) is 13.8. The molecule has 6 aliphatic carbocycles. The van der Waals surface area contributed by atoms with E-state index in [2.05, 4.69) is 99.7 Å². The van der Waals surface area contributed by atoms with Gasteiger partial charge in [-0.2, -0.15) is 8.42 Å². The van der Waals surface area contributed by atoms with E-state index in [-0.39, 0.29) is 119 Å². The largest absolute Gasteiger partial charge is 0.497 e. The van der Waals surface area contributed by atoms with Crippen LogP contribution in [-0.2, 0) is 110 Å². The van der Waals surface area contributed by atoms with Gasteiger partial charge in [-0.15, -0.1) is 11.6 Å². The van der Waals surface area contributed by atoms with Gasteiger partial charge in [-0.1, -0.05) is 165 Å². The van der Waals surface area contributed by atoms with Crippen molar-refractivity contribution < 1.29 is 109 Å². The Bertz CT molecular complexity index is 4200. The number of hydrogen-bond acceptors (Lipinski definition) is 23. The number of ether oxygens (including phenoxy) is 9. The van der Waals surface area contributed by atoms with Gasteiger partial charge >= 0.3 is 29.8 Å². The third-order valence-corrected chi connectivity index (χ3v) is 31.4. The summed E-state index contributed by atoms with van der Waals surface area (Å²) in [5, 5.41) is 31.2. The standard InChI is InChI=1S/C23H28O7S.C17H19ClO4.C12H22O3Si.2C12H18O.C8H10O4.C6H8O3/c1-15-8-10-17(11-9-15)31(27,28)29-13-12-18-19(24)14-23(21(26)30-22(18,23)2)20(25)16-6-4-3-5-7-16;1-16-12(7-8-18)13(19)10-17(16,15(21)22-16)14(20)9-11-5-3-2-4-6-11;1-12(2,3)16(4,5)15-9-7-6-8-10(9)11(13)14-8;1-12(2,3)9-10-5-7-11(13-4)8-6-10;1-12(2,3)10-13-9-11-7-5-4-6-8-11;9-7-5-3-8(4-6(5)12-7)10-1-2-11-8;7-3-1-2-4-5(3)6(8)9-4/h4,6,8-11,16,18,20,25H,3,5,7,12-14H2,1-2H3;2-6,12,14,20H,7-10H2,1H3;8-10H,6-7H2,1-5H3;5-8H,9H2,1-4H3;4-8H,9-10H2,1-3H3;5-6H,1-4H2;3-5,7H,1-2H2/t16?,18?,20-,22-,23?;12?,14-,16-,17?;8-,9-,10?;;;5?,6-;3-,4-,5?/m001..01/s1. The molecule has 12 aliphatic rings. The van der Waals surface area contributed by atoms with Crippen molar-refractivity contribution in [3.8, 4) is 5.75 Å². The van der Waals surface area contributed by atoms with Crippen molar-refractivity contribution in [2.45, 2.75) is 269 Å². The molecule has 8 unspecified atom stereocenters. The Hall–Kier alpha value is -6.75. The first-order chi connectivity index (χ1) is 54.5. The fourth-order valence-electron chi connectivity index (χ4n) is 17.7. The van der Waals surface area contributed by atoms with Gasteiger partial charge in [0.2, 0.25) is 0 Å². The zero-order valence-electron chi connectivity index (χ0n) is 70.2. The lowest BCUT2D eigenvalue weighted by atomic mass is 9.60. The number of carbonyl (C=O) groups excluding carboxylic acids is 7. The van der Waals surface area contributed by atoms with E-state index in [1.807, 2.05) is 79.7 Å². The summed E-state index contributed by atoms with van der Waals surface area (Å²) in [4.78, 5) is 82.9. The highest BCUT2D eigenvalue weighted by Crippen LogP contribution is 2.64. The van der Waals surface area contributed by atoms with E-state index < -0.39 is 88.3 Å². The highest BCUT2D eigenvalue weighted by molar-refractivity contribution is 7.86. The van der Waals surface area contributed by atoms with Crippen molar-refractivity contribution in [3.05, 3.63) is 144 Å². The van der Waals surface area contributed by atoms with Crippen molar-refractivity contribution in [2.24, 2.45) is 57.2 Å². The second-order valence-corrected chi connectivity index (χ2v) is 44.0. The first kappa shape index (κ1) is 91.6. The number of aliphatic hydroxyl groups is 3. The third kappa shape index (κ3) is 20.3. The lowest BCUT2D eigenvalue weighted by Gasteiger charge is -2.55. The van der Waals surface area contributed by atoms with Gasteiger partial charge in [-0.05, 0) is 161 Å². The van der Waals surface area contributed by atoms with Crippen molar-refractivity contribution in [1.82, 2.24) is 0 Å². The topological polar surface area (TPSA) is 316 Å². The number of benzene rings is 4. The van der Waals surface area contributed by atoms with Crippen molar-refractivity contribution in [1.29, 1.82) is 0 Å². The third-order valence-electron chi connectivity index (χ3n) is 25.4. The molecule has 16 rings (SSSR count). The smallest absolute Gasteiger partial charge is 0.319 e. The number of carbonyl (C=O) groups is 7. The fourth-order valence-corrected chi connectivity index (χ4v) is 20.3. The summed E-state index contributed by atoms with van der Waals surface area (Å²) in [6.07, 6.45) is 11.4. The molecular weight excluding hydrogens is 1540 g/mol. The number of aliphatic hydroxyl groups excluding tert-OH is 3. The Morgan fingerprint density at radius 1 is 0.629 bits per heavy atom. The Morgan fingerprint density at radius 2 is 1.18 bits per heavy atom. The minimum Gasteiger partial charge on any atom is -0.497 e. The minimum atomic E-state index is -3.96. The number of methoxy groups -OCH3 is 1. The summed E-state index contributed by atoms with van der Waals surface area (Å²) in [5.41, 5.74) is 0.571. The number of allylic oxidation sites excluding steroid dienone is 1. The summed E-state index contributed by atoms with van der Waals surface area (Å²) in [6, 6.07) is 34.3. The van der Waals surface area contributed by atoms with E-state index in [4.69, 9.17) is 67.9 Å². The predicted molar refractivity (Wildman–Crippen MR) is 435 cm³/mol. The molecule has 23 nitrogen and oxygen atoms in total. The lowest BCUT2D eigenvalue weighted by molar-refractivity contribution is -0.263. The Balaban J connectivity index is 0.000000148. The number of hydrogen-bond donors (Lipinski definition) is 3. The number of rotatable bonds is 19. The van der Waals surface area contributed by atoms with Gasteiger partial charge in [0.05, 0.1) is 87.2 Å². The van der Waals surface area contributed by atoms with Crippen LogP contribution in [-0.4, -0.2) is 173 Å². The number of fused-ring (bicyclic) bond motifs is 5. The summed E-state index contributed by atoms with van der Waals surface area (Å²) < 4.78 is 83.6. The first-order valence-corrected chi connectivity index (χ1v) is 45.9. The molecule has 0 radical (unpaired) electrons. The second-order valence-electron chi connectivity index (χ2n) is 37.2. The number of ketones is 2. The molecule has 6 heterocycles. The molecule has 11 fully saturated rings. The minimum absolute atomic E-state index is 0.0362. The van der Waals surface area contributed by atoms with E-state index >= 15 is 0 Å². The molecule has 6 aliphatic heterocycles. The van der Waals surface area contributed by atoms with Crippen molar-refractivity contribution >= 4 is 71.4 Å². The van der Waals surface area contributed by atoms with Gasteiger partial charge in [-0.25, -0.2) is 0 Å². The first-order valence-electron chi connectivity index (χ1n) is 41.1. The fraction of sp³-hybridized carbons (Fsp3) is 0.633. The quantitative estimate of drug-likeness (QED) is 0.0196. The van der Waals surface area contributed by atoms with Gasteiger partial charge in [0, 0.05) is 37.5 Å². The molecule has 26 heteroatoms.